The number of piperazine rings is 2. The van der Waals surface area contributed by atoms with E-state index in [1.54, 1.807) is 0 Å². The summed E-state index contributed by atoms with van der Waals surface area (Å²) in [6.45, 7) is 13.9. The summed E-state index contributed by atoms with van der Waals surface area (Å²) in [5.74, 6) is 0. The molecule has 0 aromatic rings. The molecule has 4 fully saturated rings. The molecular weight excluding hydrogens is 367 g/mol. The van der Waals surface area contributed by atoms with Crippen molar-refractivity contribution < 1.29 is 4.39 Å². The Morgan fingerprint density at radius 2 is 1.00 bits per heavy atom. The largest absolute Gasteiger partial charge is 0.314 e. The zero-order valence-electron chi connectivity index (χ0n) is 20.0. The van der Waals surface area contributed by atoms with Crippen molar-refractivity contribution in [2.24, 2.45) is 0 Å². The van der Waals surface area contributed by atoms with E-state index in [1.807, 2.05) is 11.9 Å². The molecule has 4 heterocycles. The van der Waals surface area contributed by atoms with Crippen LogP contribution in [0, 0.1) is 0 Å². The standard InChI is InChI=1S/C6H14N2.C6H13N.C5H10FN.C5H12N2/c1-7-3-5-8(2)6-4-7;1-7-5-3-2-4-6-7;1-7-3-2-5(6)4-7;1-7-4-2-6-3-5-7/h3-6H2,1-2H3;2-6H2,1H3;5H,2-4H2,1H3;6H,2-5H2,1H3. The van der Waals surface area contributed by atoms with Crippen LogP contribution < -0.4 is 5.32 Å². The van der Waals surface area contributed by atoms with Crippen LogP contribution in [-0.4, -0.2) is 144 Å². The molecule has 4 rings (SSSR count). The number of hydrogen-bond acceptors (Lipinski definition) is 6. The summed E-state index contributed by atoms with van der Waals surface area (Å²) in [5, 5.41) is 3.27. The van der Waals surface area contributed by atoms with Crippen molar-refractivity contribution in [3.05, 3.63) is 0 Å². The van der Waals surface area contributed by atoms with Crippen LogP contribution in [0.15, 0.2) is 0 Å². The van der Waals surface area contributed by atoms with Gasteiger partial charge in [0.1, 0.15) is 6.17 Å². The quantitative estimate of drug-likeness (QED) is 0.637. The van der Waals surface area contributed by atoms with Crippen LogP contribution in [0.25, 0.3) is 0 Å². The number of nitrogens with one attached hydrogen (secondary N) is 1. The fourth-order valence-corrected chi connectivity index (χ4v) is 3.62. The van der Waals surface area contributed by atoms with Gasteiger partial charge in [0.15, 0.2) is 0 Å². The van der Waals surface area contributed by atoms with Crippen molar-refractivity contribution in [3.63, 3.8) is 0 Å². The van der Waals surface area contributed by atoms with Crippen LogP contribution in [0.5, 0.6) is 0 Å². The normalized spacial score (nSPS) is 27.7. The minimum atomic E-state index is -0.551. The van der Waals surface area contributed by atoms with Gasteiger partial charge in [-0.15, -0.1) is 0 Å². The molecule has 0 aromatic heterocycles. The maximum absolute atomic E-state index is 12.1. The zero-order chi connectivity index (χ0) is 21.5. The Kier molecular flexibility index (Phi) is 15.1. The summed E-state index contributed by atoms with van der Waals surface area (Å²) in [6, 6.07) is 0. The van der Waals surface area contributed by atoms with Crippen molar-refractivity contribution in [3.8, 4) is 0 Å². The maximum Gasteiger partial charge on any atom is 0.114 e. The van der Waals surface area contributed by atoms with E-state index in [1.165, 1.54) is 71.6 Å². The van der Waals surface area contributed by atoms with E-state index in [4.69, 9.17) is 0 Å². The van der Waals surface area contributed by atoms with Gasteiger partial charge in [-0.2, -0.15) is 0 Å². The number of likely N-dealkylation sites (N-methyl/N-ethyl adjacent to an activating group) is 3. The molecule has 4 aliphatic heterocycles. The highest BCUT2D eigenvalue weighted by Crippen LogP contribution is 2.08. The second-order valence-corrected chi connectivity index (χ2v) is 9.17. The molecule has 0 bridgehead atoms. The van der Waals surface area contributed by atoms with Crippen LogP contribution in [-0.2, 0) is 0 Å². The molecule has 174 valence electrons. The summed E-state index contributed by atoms with van der Waals surface area (Å²) in [4.78, 5) is 11.4. The van der Waals surface area contributed by atoms with Crippen LogP contribution in [0.3, 0.4) is 0 Å². The molecule has 0 saturated carbocycles. The van der Waals surface area contributed by atoms with Crippen molar-refractivity contribution in [1.82, 2.24) is 29.8 Å². The lowest BCUT2D eigenvalue weighted by Crippen LogP contribution is -2.42. The van der Waals surface area contributed by atoms with E-state index >= 15 is 0 Å². The lowest BCUT2D eigenvalue weighted by atomic mass is 10.1. The molecule has 4 aliphatic rings. The predicted molar refractivity (Wildman–Crippen MR) is 124 cm³/mol. The molecule has 0 spiro atoms. The first-order chi connectivity index (χ1) is 13.9. The summed E-state index contributed by atoms with van der Waals surface area (Å²) < 4.78 is 12.1. The summed E-state index contributed by atoms with van der Waals surface area (Å²) in [5.41, 5.74) is 0. The van der Waals surface area contributed by atoms with Gasteiger partial charge in [0.2, 0.25) is 0 Å². The Labute approximate surface area is 180 Å². The molecule has 1 atom stereocenters. The first-order valence-electron chi connectivity index (χ1n) is 11.6. The number of hydrogen-bond donors (Lipinski definition) is 1. The van der Waals surface area contributed by atoms with E-state index < -0.39 is 6.17 Å². The van der Waals surface area contributed by atoms with Gasteiger partial charge in [-0.05, 0) is 67.6 Å². The summed E-state index contributed by atoms with van der Waals surface area (Å²) in [7, 11) is 10.6. The molecule has 4 saturated heterocycles. The van der Waals surface area contributed by atoms with Gasteiger partial charge in [-0.3, -0.25) is 0 Å². The Morgan fingerprint density at radius 1 is 0.552 bits per heavy atom. The summed E-state index contributed by atoms with van der Waals surface area (Å²) in [6.07, 6.45) is 4.46. The minimum absolute atomic E-state index is 0.551. The number of piperidine rings is 1. The van der Waals surface area contributed by atoms with Crippen LogP contribution in [0.1, 0.15) is 25.7 Å². The Morgan fingerprint density at radius 3 is 1.24 bits per heavy atom. The van der Waals surface area contributed by atoms with Crippen molar-refractivity contribution in [2.75, 3.05) is 114 Å². The van der Waals surface area contributed by atoms with E-state index in [2.05, 4.69) is 53.1 Å². The lowest BCUT2D eigenvalue weighted by molar-refractivity contribution is 0.181. The predicted octanol–water partition coefficient (Wildman–Crippen LogP) is 1.15. The third-order valence-electron chi connectivity index (χ3n) is 5.98. The van der Waals surface area contributed by atoms with Crippen molar-refractivity contribution >= 4 is 0 Å². The molecule has 0 aliphatic carbocycles. The molecule has 0 radical (unpaired) electrons. The Bertz CT molecular complexity index is 327. The molecule has 0 aromatic carbocycles. The number of halogens is 1. The van der Waals surface area contributed by atoms with Gasteiger partial charge in [-0.25, -0.2) is 4.39 Å². The third kappa shape index (κ3) is 15.2. The van der Waals surface area contributed by atoms with E-state index in [0.717, 1.165) is 26.1 Å². The highest BCUT2D eigenvalue weighted by atomic mass is 19.1. The molecular formula is C22H49FN6. The van der Waals surface area contributed by atoms with Crippen molar-refractivity contribution in [1.29, 1.82) is 0 Å². The Hall–Kier alpha value is -0.310. The second-order valence-electron chi connectivity index (χ2n) is 9.17. The molecule has 1 unspecified atom stereocenters. The smallest absolute Gasteiger partial charge is 0.114 e. The first-order valence-corrected chi connectivity index (χ1v) is 11.6. The van der Waals surface area contributed by atoms with Gasteiger partial charge in [0, 0.05) is 65.4 Å². The second kappa shape index (κ2) is 16.4. The monoisotopic (exact) mass is 416 g/mol. The minimum Gasteiger partial charge on any atom is -0.314 e. The average molecular weight is 417 g/mol. The van der Waals surface area contributed by atoms with Gasteiger partial charge in [0.05, 0.1) is 0 Å². The molecule has 6 nitrogen and oxygen atoms in total. The van der Waals surface area contributed by atoms with Crippen LogP contribution in [0.4, 0.5) is 4.39 Å². The topological polar surface area (TPSA) is 28.2 Å². The highest BCUT2D eigenvalue weighted by Gasteiger charge is 2.17. The van der Waals surface area contributed by atoms with Gasteiger partial charge in [0.25, 0.3) is 0 Å². The molecule has 1 N–H and O–H groups in total. The SMILES string of the molecule is CN1CCC(F)C1.CN1CCCCC1.CN1CCN(C)CC1.CN1CCNCC1. The number of rotatable bonds is 0. The number of likely N-dealkylation sites (tertiary alicyclic amines) is 2. The van der Waals surface area contributed by atoms with E-state index in [9.17, 15) is 4.39 Å². The number of alkyl halides is 1. The highest BCUT2D eigenvalue weighted by molar-refractivity contribution is 4.70. The molecule has 29 heavy (non-hydrogen) atoms. The van der Waals surface area contributed by atoms with Gasteiger partial charge in [-0.1, -0.05) is 6.42 Å². The van der Waals surface area contributed by atoms with Crippen LogP contribution in [0.2, 0.25) is 0 Å². The fraction of sp³-hybridized carbons (Fsp3) is 1.00. The van der Waals surface area contributed by atoms with Crippen molar-refractivity contribution in [2.45, 2.75) is 31.9 Å². The summed E-state index contributed by atoms with van der Waals surface area (Å²) >= 11 is 0. The number of nitrogens with zero attached hydrogens (tertiary/aromatic N) is 5. The van der Waals surface area contributed by atoms with E-state index in [-0.39, 0.29) is 0 Å². The third-order valence-corrected chi connectivity index (χ3v) is 5.98. The molecule has 0 amide bonds. The van der Waals surface area contributed by atoms with Gasteiger partial charge >= 0.3 is 0 Å². The lowest BCUT2D eigenvalue weighted by Gasteiger charge is -2.28. The zero-order valence-corrected chi connectivity index (χ0v) is 20.0. The first kappa shape index (κ1) is 26.7. The van der Waals surface area contributed by atoms with E-state index in [0.29, 0.717) is 6.54 Å². The average Bonchev–Trinajstić information content (AvgIpc) is 3.10. The van der Waals surface area contributed by atoms with Gasteiger partial charge < -0.3 is 29.8 Å². The van der Waals surface area contributed by atoms with Crippen LogP contribution >= 0.6 is 0 Å². The molecule has 7 heteroatoms. The fourth-order valence-electron chi connectivity index (χ4n) is 3.62. The Balaban J connectivity index is 0.000000194. The maximum atomic E-state index is 12.1.